The first-order valence-electron chi connectivity index (χ1n) is 9.30. The highest BCUT2D eigenvalue weighted by atomic mass is 15.2. The Morgan fingerprint density at radius 3 is 2.42 bits per heavy atom. The van der Waals surface area contributed by atoms with Crippen molar-refractivity contribution in [3.8, 4) is 0 Å². The Morgan fingerprint density at radius 1 is 1.12 bits per heavy atom. The molecule has 1 aromatic heterocycles. The van der Waals surface area contributed by atoms with E-state index in [9.17, 15) is 0 Å². The van der Waals surface area contributed by atoms with Gasteiger partial charge in [0.15, 0.2) is 0 Å². The number of rotatable bonds is 6. The number of aromatic nitrogens is 1. The summed E-state index contributed by atoms with van der Waals surface area (Å²) in [5, 5.41) is 0. The van der Waals surface area contributed by atoms with Crippen molar-refractivity contribution in [3.05, 3.63) is 53.2 Å². The standard InChI is InChI=1S/C22H30N2/c1-15(2)14-24(22-8-6-7-11-23-22)21-13-19(16(3)4)20(12-17(21)5)18-9-10-18/h6-8,11-13,15-16,18H,9-10,14H2,1-5H3. The summed E-state index contributed by atoms with van der Waals surface area (Å²) in [7, 11) is 0. The zero-order valence-corrected chi connectivity index (χ0v) is 15.7. The molecule has 0 radical (unpaired) electrons. The van der Waals surface area contributed by atoms with Gasteiger partial charge in [-0.2, -0.15) is 0 Å². The van der Waals surface area contributed by atoms with Gasteiger partial charge in [0.1, 0.15) is 5.82 Å². The number of hydrogen-bond donors (Lipinski definition) is 0. The molecule has 0 unspecified atom stereocenters. The lowest BCUT2D eigenvalue weighted by Gasteiger charge is -2.29. The smallest absolute Gasteiger partial charge is 0.132 e. The zero-order valence-electron chi connectivity index (χ0n) is 15.7. The Balaban J connectivity index is 2.08. The number of pyridine rings is 1. The van der Waals surface area contributed by atoms with E-state index in [1.807, 2.05) is 12.3 Å². The molecule has 2 nitrogen and oxygen atoms in total. The van der Waals surface area contributed by atoms with Gasteiger partial charge in [0.25, 0.3) is 0 Å². The molecule has 2 aromatic rings. The highest BCUT2D eigenvalue weighted by Gasteiger charge is 2.28. The first-order chi connectivity index (χ1) is 11.5. The molecule has 1 heterocycles. The summed E-state index contributed by atoms with van der Waals surface area (Å²) >= 11 is 0. The summed E-state index contributed by atoms with van der Waals surface area (Å²) in [5.41, 5.74) is 5.78. The summed E-state index contributed by atoms with van der Waals surface area (Å²) in [5.74, 6) is 2.98. The third kappa shape index (κ3) is 3.63. The van der Waals surface area contributed by atoms with Crippen molar-refractivity contribution in [2.45, 2.75) is 59.3 Å². The van der Waals surface area contributed by atoms with Crippen molar-refractivity contribution in [2.75, 3.05) is 11.4 Å². The molecule has 3 rings (SSSR count). The second-order valence-electron chi connectivity index (χ2n) is 7.89. The van der Waals surface area contributed by atoms with Gasteiger partial charge in [0.05, 0.1) is 0 Å². The van der Waals surface area contributed by atoms with Crippen LogP contribution in [-0.4, -0.2) is 11.5 Å². The van der Waals surface area contributed by atoms with Crippen LogP contribution in [0, 0.1) is 12.8 Å². The molecule has 0 aliphatic heterocycles. The lowest BCUT2D eigenvalue weighted by molar-refractivity contribution is 0.647. The van der Waals surface area contributed by atoms with Crippen molar-refractivity contribution in [1.29, 1.82) is 0 Å². The van der Waals surface area contributed by atoms with E-state index in [1.165, 1.54) is 29.7 Å². The van der Waals surface area contributed by atoms with Crippen LogP contribution >= 0.6 is 0 Å². The molecule has 1 fully saturated rings. The third-order valence-corrected chi connectivity index (χ3v) is 4.81. The van der Waals surface area contributed by atoms with Crippen LogP contribution in [0.5, 0.6) is 0 Å². The second kappa shape index (κ2) is 6.96. The number of hydrogen-bond acceptors (Lipinski definition) is 2. The maximum atomic E-state index is 4.62. The first kappa shape index (κ1) is 17.0. The largest absolute Gasteiger partial charge is 0.326 e. The first-order valence-corrected chi connectivity index (χ1v) is 9.30. The van der Waals surface area contributed by atoms with Crippen LogP contribution in [0.3, 0.4) is 0 Å². The summed E-state index contributed by atoms with van der Waals surface area (Å²) in [6.45, 7) is 12.4. The van der Waals surface area contributed by atoms with Gasteiger partial charge >= 0.3 is 0 Å². The Morgan fingerprint density at radius 2 is 1.88 bits per heavy atom. The molecule has 1 aromatic carbocycles. The average Bonchev–Trinajstić information content (AvgIpc) is 3.38. The van der Waals surface area contributed by atoms with Crippen LogP contribution in [0.4, 0.5) is 11.5 Å². The van der Waals surface area contributed by atoms with Gasteiger partial charge in [-0.05, 0) is 72.4 Å². The van der Waals surface area contributed by atoms with Gasteiger partial charge in [0, 0.05) is 18.4 Å². The van der Waals surface area contributed by atoms with Gasteiger partial charge in [-0.1, -0.05) is 39.8 Å². The van der Waals surface area contributed by atoms with E-state index in [4.69, 9.17) is 0 Å². The summed E-state index contributed by atoms with van der Waals surface area (Å²) in [4.78, 5) is 7.01. The second-order valence-corrected chi connectivity index (χ2v) is 7.89. The minimum Gasteiger partial charge on any atom is -0.326 e. The van der Waals surface area contributed by atoms with Crippen LogP contribution in [0.15, 0.2) is 36.5 Å². The summed E-state index contributed by atoms with van der Waals surface area (Å²) in [6, 6.07) is 11.1. The molecule has 1 aliphatic rings. The highest BCUT2D eigenvalue weighted by Crippen LogP contribution is 2.45. The van der Waals surface area contributed by atoms with Crippen LogP contribution in [0.1, 0.15) is 69.1 Å². The lowest BCUT2D eigenvalue weighted by Crippen LogP contribution is -2.24. The normalized spacial score (nSPS) is 14.5. The van der Waals surface area contributed by atoms with E-state index in [1.54, 1.807) is 5.56 Å². The molecule has 0 N–H and O–H groups in total. The predicted octanol–water partition coefficient (Wildman–Crippen LogP) is 6.18. The molecule has 1 aliphatic carbocycles. The van der Waals surface area contributed by atoms with Crippen molar-refractivity contribution < 1.29 is 0 Å². The van der Waals surface area contributed by atoms with Gasteiger partial charge in [-0.25, -0.2) is 4.98 Å². The molecule has 1 saturated carbocycles. The SMILES string of the molecule is Cc1cc(C2CC2)c(C(C)C)cc1N(CC(C)C)c1ccccn1. The molecule has 0 spiro atoms. The molecule has 0 amide bonds. The molecule has 0 bridgehead atoms. The topological polar surface area (TPSA) is 16.1 Å². The van der Waals surface area contributed by atoms with Gasteiger partial charge in [0.2, 0.25) is 0 Å². The Labute approximate surface area is 146 Å². The van der Waals surface area contributed by atoms with E-state index < -0.39 is 0 Å². The Kier molecular flexibility index (Phi) is 4.93. The maximum Gasteiger partial charge on any atom is 0.132 e. The predicted molar refractivity (Wildman–Crippen MR) is 103 cm³/mol. The van der Waals surface area contributed by atoms with E-state index >= 15 is 0 Å². The number of anilines is 2. The van der Waals surface area contributed by atoms with E-state index in [0.717, 1.165) is 18.3 Å². The van der Waals surface area contributed by atoms with Crippen LogP contribution < -0.4 is 4.90 Å². The third-order valence-electron chi connectivity index (χ3n) is 4.81. The monoisotopic (exact) mass is 322 g/mol. The molecule has 2 heteroatoms. The summed E-state index contributed by atoms with van der Waals surface area (Å²) in [6.07, 6.45) is 4.60. The number of benzene rings is 1. The quantitative estimate of drug-likeness (QED) is 0.631. The van der Waals surface area contributed by atoms with Gasteiger partial charge in [-0.15, -0.1) is 0 Å². The van der Waals surface area contributed by atoms with E-state index in [0.29, 0.717) is 11.8 Å². The Bertz CT molecular complexity index is 685. The molecular formula is C22H30N2. The van der Waals surface area contributed by atoms with Crippen molar-refractivity contribution in [2.24, 2.45) is 5.92 Å². The fourth-order valence-electron chi connectivity index (χ4n) is 3.47. The average molecular weight is 322 g/mol. The Hall–Kier alpha value is -1.83. The van der Waals surface area contributed by atoms with Crippen molar-refractivity contribution in [3.63, 3.8) is 0 Å². The molecule has 0 atom stereocenters. The van der Waals surface area contributed by atoms with Crippen LogP contribution in [0.25, 0.3) is 0 Å². The fraction of sp³-hybridized carbons (Fsp3) is 0.500. The molecule has 128 valence electrons. The van der Waals surface area contributed by atoms with Crippen molar-refractivity contribution in [1.82, 2.24) is 4.98 Å². The van der Waals surface area contributed by atoms with Crippen molar-refractivity contribution >= 4 is 11.5 Å². The highest BCUT2D eigenvalue weighted by molar-refractivity contribution is 5.66. The fourth-order valence-corrected chi connectivity index (χ4v) is 3.47. The zero-order chi connectivity index (χ0) is 17.3. The van der Waals surface area contributed by atoms with E-state index in [2.05, 4.69) is 68.8 Å². The number of nitrogens with zero attached hydrogens (tertiary/aromatic N) is 2. The van der Waals surface area contributed by atoms with Gasteiger partial charge in [-0.3, -0.25) is 0 Å². The van der Waals surface area contributed by atoms with Crippen LogP contribution in [0.2, 0.25) is 0 Å². The minimum absolute atomic E-state index is 0.560. The van der Waals surface area contributed by atoms with E-state index in [-0.39, 0.29) is 0 Å². The molecule has 0 saturated heterocycles. The lowest BCUT2D eigenvalue weighted by atomic mass is 9.91. The molecule has 24 heavy (non-hydrogen) atoms. The maximum absolute atomic E-state index is 4.62. The minimum atomic E-state index is 0.560. The van der Waals surface area contributed by atoms with Gasteiger partial charge < -0.3 is 4.90 Å². The molecular weight excluding hydrogens is 292 g/mol. The number of aryl methyl sites for hydroxylation is 1. The van der Waals surface area contributed by atoms with Crippen LogP contribution in [-0.2, 0) is 0 Å². The summed E-state index contributed by atoms with van der Waals surface area (Å²) < 4.78 is 0.